The fourth-order valence-corrected chi connectivity index (χ4v) is 7.03. The van der Waals surface area contributed by atoms with Crippen LogP contribution in [0.3, 0.4) is 0 Å². The maximum absolute atomic E-state index is 13.6. The van der Waals surface area contributed by atoms with Crippen molar-refractivity contribution < 1.29 is 18.6 Å². The number of phenols is 2. The number of aliphatic imine (C=N–C) groups is 2. The highest BCUT2D eigenvalue weighted by Crippen LogP contribution is 2.45. The van der Waals surface area contributed by atoms with E-state index in [1.54, 1.807) is 61.0 Å². The monoisotopic (exact) mass is 554 g/mol. The second-order valence-corrected chi connectivity index (χ2v) is 11.7. The zero-order valence-corrected chi connectivity index (χ0v) is 22.4. The maximum Gasteiger partial charge on any atom is 0.207 e. The lowest BCUT2D eigenvalue weighted by atomic mass is 10.0. The minimum Gasteiger partial charge on any atom is -0.507 e. The zero-order valence-electron chi connectivity index (χ0n) is 21.6. The highest BCUT2D eigenvalue weighted by molar-refractivity contribution is 7.92. The van der Waals surface area contributed by atoms with Crippen LogP contribution in [0.1, 0.15) is 11.1 Å². The van der Waals surface area contributed by atoms with E-state index in [0.717, 1.165) is 21.5 Å². The minimum atomic E-state index is -3.81. The molecule has 6 aromatic carbocycles. The molecular formula is C34H22N2O4S. The molecule has 0 radical (unpaired) electrons. The molecule has 41 heavy (non-hydrogen) atoms. The van der Waals surface area contributed by atoms with Gasteiger partial charge in [-0.25, -0.2) is 8.42 Å². The largest absolute Gasteiger partial charge is 0.507 e. The zero-order chi connectivity index (χ0) is 28.1. The quantitative estimate of drug-likeness (QED) is 0.218. The van der Waals surface area contributed by atoms with Crippen LogP contribution in [0.5, 0.6) is 11.5 Å². The summed E-state index contributed by atoms with van der Waals surface area (Å²) in [6.07, 6.45) is 3.12. The summed E-state index contributed by atoms with van der Waals surface area (Å²) in [6, 6.07) is 32.4. The first kappa shape index (κ1) is 24.7. The second-order valence-electron chi connectivity index (χ2n) is 9.82. The maximum atomic E-state index is 13.6. The van der Waals surface area contributed by atoms with Gasteiger partial charge in [-0.1, -0.05) is 72.8 Å². The van der Waals surface area contributed by atoms with Crippen LogP contribution in [0.25, 0.3) is 32.7 Å². The van der Waals surface area contributed by atoms with Gasteiger partial charge < -0.3 is 10.2 Å². The van der Waals surface area contributed by atoms with Gasteiger partial charge in [-0.3, -0.25) is 9.98 Å². The molecular weight excluding hydrogens is 532 g/mol. The lowest BCUT2D eigenvalue weighted by Gasteiger charge is -2.05. The fraction of sp³-hybridized carbons (Fsp3) is 0. The molecule has 1 aliphatic heterocycles. The van der Waals surface area contributed by atoms with Gasteiger partial charge in [-0.2, -0.15) is 0 Å². The van der Waals surface area contributed by atoms with E-state index < -0.39 is 9.84 Å². The highest BCUT2D eigenvalue weighted by Gasteiger charge is 2.33. The van der Waals surface area contributed by atoms with Gasteiger partial charge in [0.2, 0.25) is 9.84 Å². The van der Waals surface area contributed by atoms with Crippen LogP contribution in [0, 0.1) is 0 Å². The highest BCUT2D eigenvalue weighted by atomic mass is 32.2. The molecule has 7 rings (SSSR count). The standard InChI is InChI=1S/C34H22N2O4S/c37-31-15-9-21-5-1-3-7-25(21)29(31)19-35-23-11-13-27-28-14-12-24(18-34(28)41(39,40)33(27)17-23)36-20-30-26-8-4-2-6-22(26)10-16-32(30)38/h1-20,37-38H. The Hall–Kier alpha value is -5.27. The fourth-order valence-electron chi connectivity index (χ4n) is 5.31. The van der Waals surface area contributed by atoms with E-state index in [1.165, 1.54) is 0 Å². The predicted molar refractivity (Wildman–Crippen MR) is 163 cm³/mol. The summed E-state index contributed by atoms with van der Waals surface area (Å²) in [6.45, 7) is 0. The molecule has 1 heterocycles. The lowest BCUT2D eigenvalue weighted by molar-refractivity contribution is 0.475. The molecule has 7 heteroatoms. The molecule has 0 unspecified atom stereocenters. The average molecular weight is 555 g/mol. The molecule has 0 spiro atoms. The van der Waals surface area contributed by atoms with Gasteiger partial charge in [0.15, 0.2) is 0 Å². The van der Waals surface area contributed by atoms with Gasteiger partial charge in [0, 0.05) is 34.7 Å². The van der Waals surface area contributed by atoms with Gasteiger partial charge in [-0.05, 0) is 57.9 Å². The van der Waals surface area contributed by atoms with Gasteiger partial charge in [0.25, 0.3) is 0 Å². The topological polar surface area (TPSA) is 99.3 Å². The number of benzene rings is 6. The number of rotatable bonds is 4. The molecule has 6 nitrogen and oxygen atoms in total. The summed E-state index contributed by atoms with van der Waals surface area (Å²) >= 11 is 0. The summed E-state index contributed by atoms with van der Waals surface area (Å²) in [5, 5.41) is 24.5. The van der Waals surface area contributed by atoms with Crippen molar-refractivity contribution in [2.45, 2.75) is 9.79 Å². The molecule has 6 aromatic rings. The van der Waals surface area contributed by atoms with Crippen molar-refractivity contribution >= 4 is 55.2 Å². The van der Waals surface area contributed by atoms with Crippen molar-refractivity contribution in [3.8, 4) is 22.6 Å². The van der Waals surface area contributed by atoms with Gasteiger partial charge >= 0.3 is 0 Å². The molecule has 0 aliphatic carbocycles. The Morgan fingerprint density at radius 1 is 0.537 bits per heavy atom. The molecule has 1 aliphatic rings. The van der Waals surface area contributed by atoms with Gasteiger partial charge in [0.1, 0.15) is 11.5 Å². The Labute approximate surface area is 236 Å². The normalized spacial score (nSPS) is 13.8. The molecule has 0 aromatic heterocycles. The molecule has 0 saturated carbocycles. The first-order valence-corrected chi connectivity index (χ1v) is 14.4. The summed E-state index contributed by atoms with van der Waals surface area (Å²) < 4.78 is 27.2. The Bertz CT molecular complexity index is 2050. The second kappa shape index (κ2) is 9.43. The van der Waals surface area contributed by atoms with E-state index in [0.29, 0.717) is 33.6 Å². The van der Waals surface area contributed by atoms with Gasteiger partial charge in [0.05, 0.1) is 21.2 Å². The van der Waals surface area contributed by atoms with Crippen LogP contribution in [0.4, 0.5) is 11.4 Å². The van der Waals surface area contributed by atoms with Gasteiger partial charge in [-0.15, -0.1) is 0 Å². The Morgan fingerprint density at radius 2 is 0.976 bits per heavy atom. The third kappa shape index (κ3) is 4.15. The summed E-state index contributed by atoms with van der Waals surface area (Å²) in [5.41, 5.74) is 3.25. The van der Waals surface area contributed by atoms with Crippen molar-refractivity contribution in [1.82, 2.24) is 0 Å². The number of hydrogen-bond donors (Lipinski definition) is 2. The van der Waals surface area contributed by atoms with Crippen LogP contribution in [0.15, 0.2) is 129 Å². The van der Waals surface area contributed by atoms with Crippen molar-refractivity contribution in [3.05, 3.63) is 120 Å². The summed E-state index contributed by atoms with van der Waals surface area (Å²) in [7, 11) is -3.81. The number of hydrogen-bond acceptors (Lipinski definition) is 6. The van der Waals surface area contributed by atoms with E-state index in [1.807, 2.05) is 60.7 Å². The van der Waals surface area contributed by atoms with Crippen LogP contribution < -0.4 is 0 Å². The van der Waals surface area contributed by atoms with Crippen LogP contribution in [0.2, 0.25) is 0 Å². The average Bonchev–Trinajstić information content (AvgIpc) is 3.21. The Morgan fingerprint density at radius 3 is 1.44 bits per heavy atom. The van der Waals surface area contributed by atoms with E-state index in [4.69, 9.17) is 0 Å². The third-order valence-electron chi connectivity index (χ3n) is 7.38. The molecule has 0 amide bonds. The number of aromatic hydroxyl groups is 2. The van der Waals surface area contributed by atoms with Crippen molar-refractivity contribution in [2.75, 3.05) is 0 Å². The number of sulfone groups is 1. The lowest BCUT2D eigenvalue weighted by Crippen LogP contribution is -1.96. The van der Waals surface area contributed by atoms with Crippen LogP contribution in [-0.4, -0.2) is 31.1 Å². The van der Waals surface area contributed by atoms with Crippen molar-refractivity contribution in [2.24, 2.45) is 9.98 Å². The van der Waals surface area contributed by atoms with Crippen molar-refractivity contribution in [3.63, 3.8) is 0 Å². The smallest absolute Gasteiger partial charge is 0.207 e. The Kier molecular flexibility index (Phi) is 5.69. The molecule has 198 valence electrons. The molecule has 0 bridgehead atoms. The SMILES string of the molecule is O=S1(=O)c2cc(N=Cc3c(O)ccc4ccccc34)ccc2-c2ccc(N=Cc3c(O)ccc4ccccc34)cc21. The first-order valence-electron chi connectivity index (χ1n) is 12.9. The van der Waals surface area contributed by atoms with Crippen LogP contribution >= 0.6 is 0 Å². The van der Waals surface area contributed by atoms with E-state index >= 15 is 0 Å². The van der Waals surface area contributed by atoms with Crippen molar-refractivity contribution in [1.29, 1.82) is 0 Å². The summed E-state index contributed by atoms with van der Waals surface area (Å²) in [4.78, 5) is 9.38. The Balaban J connectivity index is 1.23. The molecule has 0 fully saturated rings. The van der Waals surface area contributed by atoms with E-state index in [-0.39, 0.29) is 21.3 Å². The number of phenolic OH excluding ortho intramolecular Hbond substituents is 2. The number of nitrogens with zero attached hydrogens (tertiary/aromatic N) is 2. The molecule has 0 saturated heterocycles. The van der Waals surface area contributed by atoms with Crippen LogP contribution in [-0.2, 0) is 9.84 Å². The summed E-state index contributed by atoms with van der Waals surface area (Å²) in [5.74, 6) is 0.192. The first-order chi connectivity index (χ1) is 19.9. The van der Waals surface area contributed by atoms with E-state index in [9.17, 15) is 18.6 Å². The minimum absolute atomic E-state index is 0.0959. The number of fused-ring (bicyclic) bond motifs is 5. The third-order valence-corrected chi connectivity index (χ3v) is 9.21. The molecule has 0 atom stereocenters. The predicted octanol–water partition coefficient (Wildman–Crippen LogP) is 7.72. The van der Waals surface area contributed by atoms with E-state index in [2.05, 4.69) is 9.98 Å². The molecule has 2 N–H and O–H groups in total.